The van der Waals surface area contributed by atoms with E-state index in [4.69, 9.17) is 4.74 Å². The molecule has 28 heavy (non-hydrogen) atoms. The minimum Gasteiger partial charge on any atom is -0.494 e. The van der Waals surface area contributed by atoms with Crippen LogP contribution in [0.25, 0.3) is 0 Å². The molecule has 0 saturated carbocycles. The van der Waals surface area contributed by atoms with Crippen LogP contribution in [0.4, 0.5) is 5.69 Å². The number of nitrogens with zero attached hydrogens (tertiary/aromatic N) is 2. The molecule has 1 aliphatic heterocycles. The molecule has 0 amide bonds. The van der Waals surface area contributed by atoms with Crippen LogP contribution < -0.4 is 9.64 Å². The highest BCUT2D eigenvalue weighted by Gasteiger charge is 2.29. The van der Waals surface area contributed by atoms with Crippen LogP contribution in [0.3, 0.4) is 0 Å². The van der Waals surface area contributed by atoms with Crippen LogP contribution in [0.15, 0.2) is 53.4 Å². The predicted octanol–water partition coefficient (Wildman–Crippen LogP) is 3.89. The fourth-order valence-corrected chi connectivity index (χ4v) is 4.80. The van der Waals surface area contributed by atoms with Gasteiger partial charge in [-0.25, -0.2) is 8.42 Å². The van der Waals surface area contributed by atoms with Gasteiger partial charge in [-0.2, -0.15) is 4.31 Å². The Bertz CT molecular complexity index is 877. The third kappa shape index (κ3) is 4.50. The lowest BCUT2D eigenvalue weighted by Crippen LogP contribution is -2.48. The molecule has 0 radical (unpaired) electrons. The van der Waals surface area contributed by atoms with E-state index in [9.17, 15) is 8.42 Å². The van der Waals surface area contributed by atoms with Crippen molar-refractivity contribution in [2.75, 3.05) is 37.7 Å². The fourth-order valence-electron chi connectivity index (χ4n) is 3.38. The molecule has 0 aromatic heterocycles. The topological polar surface area (TPSA) is 49.9 Å². The van der Waals surface area contributed by atoms with Crippen molar-refractivity contribution in [2.24, 2.45) is 0 Å². The summed E-state index contributed by atoms with van der Waals surface area (Å²) < 4.78 is 33.1. The number of rotatable bonds is 5. The van der Waals surface area contributed by atoms with Crippen LogP contribution in [0.2, 0.25) is 0 Å². The van der Waals surface area contributed by atoms with E-state index in [0.717, 1.165) is 17.0 Å². The van der Waals surface area contributed by atoms with Gasteiger partial charge in [0, 0.05) is 31.9 Å². The van der Waals surface area contributed by atoms with Gasteiger partial charge < -0.3 is 9.64 Å². The number of hydrogen-bond donors (Lipinski definition) is 0. The van der Waals surface area contributed by atoms with Crippen molar-refractivity contribution in [1.29, 1.82) is 0 Å². The maximum Gasteiger partial charge on any atom is 0.243 e. The molecule has 1 aliphatic rings. The van der Waals surface area contributed by atoms with E-state index in [-0.39, 0.29) is 5.41 Å². The molecule has 5 nitrogen and oxygen atoms in total. The number of piperazine rings is 1. The Morgan fingerprint density at radius 3 is 1.96 bits per heavy atom. The minimum absolute atomic E-state index is 0.00559. The summed E-state index contributed by atoms with van der Waals surface area (Å²) in [4.78, 5) is 2.58. The Hall–Kier alpha value is -2.05. The Kier molecular flexibility index (Phi) is 6.01. The Balaban J connectivity index is 1.66. The standard InChI is InChI=1S/C22H30N2O3S/c1-5-27-20-10-8-19(9-11-20)23-14-16-24(17-15-23)28(25,26)21-12-6-18(7-13-21)22(2,3)4/h6-13H,5,14-17H2,1-4H3. The summed E-state index contributed by atoms with van der Waals surface area (Å²) in [6, 6.07) is 15.3. The Morgan fingerprint density at radius 1 is 0.893 bits per heavy atom. The third-order valence-electron chi connectivity index (χ3n) is 5.11. The highest BCUT2D eigenvalue weighted by atomic mass is 32.2. The second-order valence-corrected chi connectivity index (χ2v) is 10.0. The molecule has 1 heterocycles. The summed E-state index contributed by atoms with van der Waals surface area (Å²) in [6.07, 6.45) is 0. The van der Waals surface area contributed by atoms with Crippen molar-refractivity contribution in [3.63, 3.8) is 0 Å². The Morgan fingerprint density at radius 2 is 1.46 bits per heavy atom. The van der Waals surface area contributed by atoms with Crippen molar-refractivity contribution in [3.05, 3.63) is 54.1 Å². The first kappa shape index (κ1) is 20.7. The average molecular weight is 403 g/mol. The van der Waals surface area contributed by atoms with Gasteiger partial charge in [-0.1, -0.05) is 32.9 Å². The number of sulfonamides is 1. The van der Waals surface area contributed by atoms with Gasteiger partial charge in [-0.3, -0.25) is 0 Å². The van der Waals surface area contributed by atoms with Crippen molar-refractivity contribution in [2.45, 2.75) is 38.0 Å². The van der Waals surface area contributed by atoms with E-state index >= 15 is 0 Å². The molecule has 0 N–H and O–H groups in total. The zero-order chi connectivity index (χ0) is 20.4. The highest BCUT2D eigenvalue weighted by Crippen LogP contribution is 2.26. The molecule has 2 aromatic carbocycles. The molecule has 0 atom stereocenters. The number of hydrogen-bond acceptors (Lipinski definition) is 4. The van der Waals surface area contributed by atoms with Crippen LogP contribution in [0.5, 0.6) is 5.75 Å². The molecule has 0 spiro atoms. The Labute approximate surface area is 169 Å². The maximum atomic E-state index is 13.0. The first-order chi connectivity index (χ1) is 13.2. The quantitative estimate of drug-likeness (QED) is 0.761. The molecular weight excluding hydrogens is 372 g/mol. The second kappa shape index (κ2) is 8.13. The normalized spacial score (nSPS) is 16.2. The largest absolute Gasteiger partial charge is 0.494 e. The lowest BCUT2D eigenvalue weighted by Gasteiger charge is -2.35. The van der Waals surface area contributed by atoms with Crippen molar-refractivity contribution in [1.82, 2.24) is 4.31 Å². The zero-order valence-corrected chi connectivity index (χ0v) is 18.0. The van der Waals surface area contributed by atoms with Gasteiger partial charge >= 0.3 is 0 Å². The van der Waals surface area contributed by atoms with E-state index in [1.165, 1.54) is 0 Å². The van der Waals surface area contributed by atoms with Gasteiger partial charge in [0.25, 0.3) is 0 Å². The molecule has 152 valence electrons. The first-order valence-corrected chi connectivity index (χ1v) is 11.2. The summed E-state index contributed by atoms with van der Waals surface area (Å²) >= 11 is 0. The average Bonchev–Trinajstić information content (AvgIpc) is 2.68. The summed E-state index contributed by atoms with van der Waals surface area (Å²) in [5.41, 5.74) is 2.23. The lowest BCUT2D eigenvalue weighted by molar-refractivity contribution is 0.340. The monoisotopic (exact) mass is 402 g/mol. The van der Waals surface area contributed by atoms with E-state index in [2.05, 4.69) is 25.7 Å². The molecule has 0 unspecified atom stereocenters. The first-order valence-electron chi connectivity index (χ1n) is 9.80. The van der Waals surface area contributed by atoms with E-state index < -0.39 is 10.0 Å². The van der Waals surface area contributed by atoms with Crippen LogP contribution >= 0.6 is 0 Å². The maximum absolute atomic E-state index is 13.0. The molecule has 6 heteroatoms. The summed E-state index contributed by atoms with van der Waals surface area (Å²) in [7, 11) is -3.46. The smallest absolute Gasteiger partial charge is 0.243 e. The highest BCUT2D eigenvalue weighted by molar-refractivity contribution is 7.89. The van der Waals surface area contributed by atoms with Crippen LogP contribution in [-0.2, 0) is 15.4 Å². The number of ether oxygens (including phenoxy) is 1. The van der Waals surface area contributed by atoms with E-state index in [1.807, 2.05) is 43.3 Å². The number of anilines is 1. The van der Waals surface area contributed by atoms with Gasteiger partial charge in [-0.15, -0.1) is 0 Å². The number of benzene rings is 2. The molecule has 1 saturated heterocycles. The minimum atomic E-state index is -3.46. The predicted molar refractivity (Wildman–Crippen MR) is 114 cm³/mol. The van der Waals surface area contributed by atoms with E-state index in [0.29, 0.717) is 37.7 Å². The van der Waals surface area contributed by atoms with Crippen LogP contribution in [0, 0.1) is 0 Å². The van der Waals surface area contributed by atoms with Crippen LogP contribution in [0.1, 0.15) is 33.3 Å². The van der Waals surface area contributed by atoms with Gasteiger partial charge in [0.15, 0.2) is 0 Å². The molecule has 1 fully saturated rings. The van der Waals surface area contributed by atoms with Gasteiger partial charge in [0.2, 0.25) is 10.0 Å². The van der Waals surface area contributed by atoms with Crippen LogP contribution in [-0.4, -0.2) is 45.5 Å². The van der Waals surface area contributed by atoms with E-state index in [1.54, 1.807) is 16.4 Å². The fraction of sp³-hybridized carbons (Fsp3) is 0.455. The summed E-state index contributed by atoms with van der Waals surface area (Å²) in [5, 5.41) is 0. The van der Waals surface area contributed by atoms with Gasteiger partial charge in [-0.05, 0) is 54.3 Å². The van der Waals surface area contributed by atoms with Gasteiger partial charge in [0.05, 0.1) is 11.5 Å². The second-order valence-electron chi connectivity index (χ2n) is 8.09. The van der Waals surface area contributed by atoms with Crippen molar-refractivity contribution < 1.29 is 13.2 Å². The van der Waals surface area contributed by atoms with Crippen molar-refractivity contribution in [3.8, 4) is 5.75 Å². The molecule has 0 aliphatic carbocycles. The molecule has 2 aromatic rings. The SMILES string of the molecule is CCOc1ccc(N2CCN(S(=O)(=O)c3ccc(C(C)(C)C)cc3)CC2)cc1. The molecule has 0 bridgehead atoms. The summed E-state index contributed by atoms with van der Waals surface area (Å²) in [5.74, 6) is 0.853. The zero-order valence-electron chi connectivity index (χ0n) is 17.2. The van der Waals surface area contributed by atoms with Crippen molar-refractivity contribution >= 4 is 15.7 Å². The molecular formula is C22H30N2O3S. The lowest BCUT2D eigenvalue weighted by atomic mass is 9.87. The summed E-state index contributed by atoms with van der Waals surface area (Å²) in [6.45, 7) is 11.3. The third-order valence-corrected chi connectivity index (χ3v) is 7.02. The van der Waals surface area contributed by atoms with Gasteiger partial charge in [0.1, 0.15) is 5.75 Å². The molecule has 3 rings (SSSR count).